The second kappa shape index (κ2) is 13.4. The number of aromatic nitrogens is 4. The second-order valence-electron chi connectivity index (χ2n) is 10.9. The minimum absolute atomic E-state index is 0.0141. The highest BCUT2D eigenvalue weighted by Crippen LogP contribution is 2.40. The number of aliphatic hydroxyl groups is 1. The van der Waals surface area contributed by atoms with Gasteiger partial charge in [0.2, 0.25) is 0 Å². The van der Waals surface area contributed by atoms with Gasteiger partial charge in [-0.05, 0) is 68.2 Å². The Balaban J connectivity index is 1.13. The van der Waals surface area contributed by atoms with Crippen molar-refractivity contribution in [2.75, 3.05) is 6.54 Å². The standard InChI is InChI=1S/C29H39N9O3/c1-29(2,41)26-11-8-21(16-32-26)17-33-27(39)24(30)18-37(31)12-3-4-13-38-19-25(35-36-38)28(40)34-15-20-6-5-7-23(14-20)22-9-10-22/h5-8,11,14,16,18-19,22,41H,3-4,9-10,12-13,15,17,30-31H2,1-2H3,(H,33,39)(H,34,40)/b24-18-. The number of benzene rings is 1. The molecule has 0 spiro atoms. The highest BCUT2D eigenvalue weighted by molar-refractivity contribution is 5.92. The fraction of sp³-hybridized carbons (Fsp3) is 0.414. The molecule has 1 fully saturated rings. The zero-order chi connectivity index (χ0) is 29.4. The van der Waals surface area contributed by atoms with Crippen LogP contribution in [0.1, 0.15) is 78.3 Å². The summed E-state index contributed by atoms with van der Waals surface area (Å²) in [5.74, 6) is 5.95. The highest BCUT2D eigenvalue weighted by Gasteiger charge is 2.23. The molecule has 12 heteroatoms. The molecular weight excluding hydrogens is 522 g/mol. The summed E-state index contributed by atoms with van der Waals surface area (Å²) in [5.41, 5.74) is 8.85. The van der Waals surface area contributed by atoms with Crippen LogP contribution in [-0.4, -0.2) is 48.5 Å². The number of nitrogens with two attached hydrogens (primary N) is 2. The molecule has 2 amide bonds. The topological polar surface area (TPSA) is 177 Å². The lowest BCUT2D eigenvalue weighted by Gasteiger charge is -2.16. The number of pyridine rings is 1. The van der Waals surface area contributed by atoms with Gasteiger partial charge in [-0.15, -0.1) is 5.10 Å². The molecule has 1 aromatic carbocycles. The quantitative estimate of drug-likeness (QED) is 0.0849. The van der Waals surface area contributed by atoms with Gasteiger partial charge in [0.25, 0.3) is 11.8 Å². The van der Waals surface area contributed by atoms with Gasteiger partial charge in [-0.3, -0.25) is 19.3 Å². The number of carbonyl (C=O) groups is 2. The van der Waals surface area contributed by atoms with E-state index in [9.17, 15) is 14.7 Å². The molecule has 4 rings (SSSR count). The molecule has 0 aliphatic heterocycles. The summed E-state index contributed by atoms with van der Waals surface area (Å²) in [6.07, 6.45) is 8.55. The van der Waals surface area contributed by atoms with E-state index in [-0.39, 0.29) is 23.8 Å². The summed E-state index contributed by atoms with van der Waals surface area (Å²) in [7, 11) is 0. The van der Waals surface area contributed by atoms with Gasteiger partial charge in [-0.1, -0.05) is 35.5 Å². The van der Waals surface area contributed by atoms with E-state index in [1.807, 2.05) is 12.1 Å². The van der Waals surface area contributed by atoms with Gasteiger partial charge in [0.05, 0.1) is 11.9 Å². The van der Waals surface area contributed by atoms with Crippen LogP contribution < -0.4 is 22.2 Å². The van der Waals surface area contributed by atoms with Gasteiger partial charge in [0.15, 0.2) is 5.69 Å². The number of hydrogen-bond acceptors (Lipinski definition) is 9. The lowest BCUT2D eigenvalue weighted by Crippen LogP contribution is -2.33. The van der Waals surface area contributed by atoms with E-state index in [4.69, 9.17) is 11.6 Å². The first kappa shape index (κ1) is 29.7. The Hall–Kier alpha value is -4.29. The molecule has 1 aliphatic rings. The Kier molecular flexibility index (Phi) is 9.69. The average Bonchev–Trinajstić information content (AvgIpc) is 3.70. The van der Waals surface area contributed by atoms with Crippen LogP contribution in [0.3, 0.4) is 0 Å². The molecule has 12 nitrogen and oxygen atoms in total. The molecule has 7 N–H and O–H groups in total. The Labute approximate surface area is 239 Å². The van der Waals surface area contributed by atoms with Gasteiger partial charge in [0, 0.05) is 38.6 Å². The van der Waals surface area contributed by atoms with Crippen LogP contribution >= 0.6 is 0 Å². The SMILES string of the molecule is CC(C)(O)c1ccc(CNC(=O)/C(N)=C/N(N)CCCCn2cc(C(=O)NCc3cccc(C4CC4)c3)nn2)cn1. The minimum atomic E-state index is -1.03. The number of hydrazine groups is 1. The van der Waals surface area contributed by atoms with E-state index >= 15 is 0 Å². The molecular formula is C29H39N9O3. The fourth-order valence-electron chi connectivity index (χ4n) is 4.20. The van der Waals surface area contributed by atoms with Crippen LogP contribution in [0, 0.1) is 0 Å². The van der Waals surface area contributed by atoms with Crippen LogP contribution in [0.5, 0.6) is 0 Å². The second-order valence-corrected chi connectivity index (χ2v) is 10.9. The normalized spacial score (nSPS) is 13.6. The lowest BCUT2D eigenvalue weighted by atomic mass is 10.0. The molecule has 0 radical (unpaired) electrons. The smallest absolute Gasteiger partial charge is 0.273 e. The van der Waals surface area contributed by atoms with E-state index in [1.54, 1.807) is 43.1 Å². The van der Waals surface area contributed by atoms with Crippen LogP contribution in [0.25, 0.3) is 0 Å². The Morgan fingerprint density at radius 1 is 1.15 bits per heavy atom. The molecule has 1 aliphatic carbocycles. The number of nitrogens with one attached hydrogen (secondary N) is 2. The molecule has 0 bridgehead atoms. The molecule has 1 saturated carbocycles. The Morgan fingerprint density at radius 2 is 1.93 bits per heavy atom. The van der Waals surface area contributed by atoms with Crippen molar-refractivity contribution in [3.63, 3.8) is 0 Å². The summed E-state index contributed by atoms with van der Waals surface area (Å²) in [6.45, 7) is 5.03. The third-order valence-electron chi connectivity index (χ3n) is 6.75. The maximum Gasteiger partial charge on any atom is 0.273 e. The monoisotopic (exact) mass is 561 g/mol. The fourth-order valence-corrected chi connectivity index (χ4v) is 4.20. The van der Waals surface area contributed by atoms with E-state index in [0.29, 0.717) is 37.7 Å². The van der Waals surface area contributed by atoms with Crippen LogP contribution in [-0.2, 0) is 30.0 Å². The van der Waals surface area contributed by atoms with Crippen molar-refractivity contribution in [3.8, 4) is 0 Å². The lowest BCUT2D eigenvalue weighted by molar-refractivity contribution is -0.117. The summed E-state index contributed by atoms with van der Waals surface area (Å²) < 4.78 is 1.63. The van der Waals surface area contributed by atoms with Gasteiger partial charge < -0.3 is 26.5 Å². The maximum absolute atomic E-state index is 12.5. The Morgan fingerprint density at radius 3 is 2.63 bits per heavy atom. The van der Waals surface area contributed by atoms with E-state index in [0.717, 1.165) is 17.5 Å². The van der Waals surface area contributed by atoms with Gasteiger partial charge in [0.1, 0.15) is 11.3 Å². The molecule has 0 atom stereocenters. The van der Waals surface area contributed by atoms with Crippen LogP contribution in [0.15, 0.2) is 60.7 Å². The number of amides is 2. The first-order chi connectivity index (χ1) is 19.6. The largest absolute Gasteiger partial charge is 0.393 e. The van der Waals surface area contributed by atoms with E-state index in [2.05, 4.69) is 38.1 Å². The number of hydrogen-bond donors (Lipinski definition) is 5. The van der Waals surface area contributed by atoms with Crippen LogP contribution in [0.4, 0.5) is 0 Å². The van der Waals surface area contributed by atoms with Gasteiger partial charge in [-0.25, -0.2) is 5.84 Å². The van der Waals surface area contributed by atoms with E-state index < -0.39 is 11.5 Å². The van der Waals surface area contributed by atoms with Crippen molar-refractivity contribution >= 4 is 11.8 Å². The zero-order valence-electron chi connectivity index (χ0n) is 23.6. The molecule has 2 heterocycles. The molecule has 0 unspecified atom stereocenters. The van der Waals surface area contributed by atoms with E-state index in [1.165, 1.54) is 29.6 Å². The first-order valence-corrected chi connectivity index (χ1v) is 13.8. The van der Waals surface area contributed by atoms with Crippen molar-refractivity contribution < 1.29 is 14.7 Å². The average molecular weight is 562 g/mol. The molecule has 2 aromatic heterocycles. The predicted octanol–water partition coefficient (Wildman–Crippen LogP) is 1.78. The number of aryl methyl sites for hydroxylation is 1. The summed E-state index contributed by atoms with van der Waals surface area (Å²) >= 11 is 0. The summed E-state index contributed by atoms with van der Waals surface area (Å²) in [6, 6.07) is 11.8. The highest BCUT2D eigenvalue weighted by atomic mass is 16.3. The molecule has 3 aromatic rings. The zero-order valence-corrected chi connectivity index (χ0v) is 23.6. The van der Waals surface area contributed by atoms with Crippen molar-refractivity contribution in [3.05, 3.63) is 88.8 Å². The molecule has 218 valence electrons. The van der Waals surface area contributed by atoms with Crippen molar-refractivity contribution in [2.45, 2.75) is 70.7 Å². The van der Waals surface area contributed by atoms with Crippen molar-refractivity contribution in [1.29, 1.82) is 0 Å². The molecule has 0 saturated heterocycles. The van der Waals surface area contributed by atoms with Crippen LogP contribution in [0.2, 0.25) is 0 Å². The Bertz CT molecular complexity index is 1360. The minimum Gasteiger partial charge on any atom is -0.393 e. The first-order valence-electron chi connectivity index (χ1n) is 13.8. The number of rotatable bonds is 14. The van der Waals surface area contributed by atoms with Crippen molar-refractivity contribution in [1.82, 2.24) is 35.6 Å². The summed E-state index contributed by atoms with van der Waals surface area (Å²) in [5, 5.41) is 25.0. The third-order valence-corrected chi connectivity index (χ3v) is 6.75. The van der Waals surface area contributed by atoms with Gasteiger partial charge in [-0.2, -0.15) is 0 Å². The number of nitrogens with zero attached hydrogens (tertiary/aromatic N) is 5. The number of unbranched alkanes of at least 4 members (excludes halogenated alkanes) is 1. The summed E-state index contributed by atoms with van der Waals surface area (Å²) in [4.78, 5) is 29.0. The molecule has 41 heavy (non-hydrogen) atoms. The third kappa shape index (κ3) is 9.12. The van der Waals surface area contributed by atoms with Crippen molar-refractivity contribution in [2.24, 2.45) is 11.6 Å². The predicted molar refractivity (Wildman–Crippen MR) is 153 cm³/mol. The maximum atomic E-state index is 12.5. The number of carbonyl (C=O) groups excluding carboxylic acids is 2. The van der Waals surface area contributed by atoms with Gasteiger partial charge >= 0.3 is 0 Å².